The minimum atomic E-state index is -0.599. The highest BCUT2D eigenvalue weighted by atomic mass is 16.6. The molecular weight excluding hydrogens is 330 g/mol. The van der Waals surface area contributed by atoms with Crippen molar-refractivity contribution < 1.29 is 24.3 Å². The molecule has 9 nitrogen and oxygen atoms in total. The van der Waals surface area contributed by atoms with Crippen LogP contribution in [0.15, 0.2) is 47.6 Å². The summed E-state index contributed by atoms with van der Waals surface area (Å²) in [7, 11) is 1.54. The van der Waals surface area contributed by atoms with Crippen LogP contribution in [-0.2, 0) is 4.79 Å². The van der Waals surface area contributed by atoms with Crippen LogP contribution in [0.4, 0.5) is 5.69 Å². The molecule has 2 N–H and O–H groups in total. The van der Waals surface area contributed by atoms with Crippen LogP contribution < -0.4 is 14.9 Å². The van der Waals surface area contributed by atoms with Gasteiger partial charge in [-0.3, -0.25) is 14.9 Å². The van der Waals surface area contributed by atoms with Gasteiger partial charge in [-0.15, -0.1) is 0 Å². The Kier molecular flexibility index (Phi) is 5.88. The van der Waals surface area contributed by atoms with Crippen molar-refractivity contribution in [3.63, 3.8) is 0 Å². The minimum Gasteiger partial charge on any atom is -0.507 e. The van der Waals surface area contributed by atoms with Crippen LogP contribution in [-0.4, -0.2) is 35.9 Å². The van der Waals surface area contributed by atoms with Gasteiger partial charge in [0.1, 0.15) is 17.2 Å². The molecule has 2 aromatic carbocycles. The molecule has 0 aliphatic heterocycles. The number of nitrogens with one attached hydrogen (secondary N) is 1. The van der Waals surface area contributed by atoms with Gasteiger partial charge in [-0.05, 0) is 30.3 Å². The lowest BCUT2D eigenvalue weighted by atomic mass is 10.2. The van der Waals surface area contributed by atoms with Crippen LogP contribution in [0.1, 0.15) is 5.56 Å². The number of ether oxygens (including phenoxy) is 2. The number of nitro groups is 1. The Morgan fingerprint density at radius 2 is 1.96 bits per heavy atom. The number of non-ortho nitro benzene ring substituents is 1. The number of benzene rings is 2. The SMILES string of the molecule is COc1ccc(OCC(=O)N/N=C/c2cc([N+](=O)[O-])ccc2O)cc1. The Bertz CT molecular complexity index is 789. The normalized spacial score (nSPS) is 10.4. The number of nitro benzene ring substituents is 1. The summed E-state index contributed by atoms with van der Waals surface area (Å²) >= 11 is 0. The lowest BCUT2D eigenvalue weighted by Crippen LogP contribution is -2.24. The molecule has 0 saturated carbocycles. The van der Waals surface area contributed by atoms with Gasteiger partial charge in [-0.25, -0.2) is 5.43 Å². The third-order valence-corrected chi connectivity index (χ3v) is 3.04. The zero-order valence-corrected chi connectivity index (χ0v) is 13.2. The number of amides is 1. The number of phenolic OH excluding ortho intramolecular Hbond substituents is 1. The van der Waals surface area contributed by atoms with Crippen molar-refractivity contribution in [2.24, 2.45) is 5.10 Å². The summed E-state index contributed by atoms with van der Waals surface area (Å²) < 4.78 is 10.3. The molecule has 0 fully saturated rings. The van der Waals surface area contributed by atoms with E-state index in [4.69, 9.17) is 9.47 Å². The van der Waals surface area contributed by atoms with E-state index in [1.54, 1.807) is 31.4 Å². The number of aromatic hydroxyl groups is 1. The predicted octanol–water partition coefficient (Wildman–Crippen LogP) is 1.84. The van der Waals surface area contributed by atoms with Crippen LogP contribution in [0.3, 0.4) is 0 Å². The van der Waals surface area contributed by atoms with E-state index in [-0.39, 0.29) is 23.6 Å². The average molecular weight is 345 g/mol. The zero-order valence-electron chi connectivity index (χ0n) is 13.2. The molecule has 0 heterocycles. The molecule has 2 aromatic rings. The first-order chi connectivity index (χ1) is 12.0. The molecule has 0 aliphatic rings. The maximum atomic E-state index is 11.6. The van der Waals surface area contributed by atoms with Gasteiger partial charge in [-0.1, -0.05) is 0 Å². The number of methoxy groups -OCH3 is 1. The number of phenols is 1. The molecule has 0 radical (unpaired) electrons. The highest BCUT2D eigenvalue weighted by molar-refractivity contribution is 5.86. The van der Waals surface area contributed by atoms with Crippen molar-refractivity contribution >= 4 is 17.8 Å². The highest BCUT2D eigenvalue weighted by Crippen LogP contribution is 2.21. The summed E-state index contributed by atoms with van der Waals surface area (Å²) in [6.07, 6.45) is 1.10. The third-order valence-electron chi connectivity index (χ3n) is 3.04. The fraction of sp³-hybridized carbons (Fsp3) is 0.125. The smallest absolute Gasteiger partial charge is 0.277 e. The lowest BCUT2D eigenvalue weighted by molar-refractivity contribution is -0.384. The molecule has 0 atom stereocenters. The molecule has 130 valence electrons. The van der Waals surface area contributed by atoms with E-state index >= 15 is 0 Å². The Labute approximate surface area is 142 Å². The molecule has 0 aliphatic carbocycles. The van der Waals surface area contributed by atoms with Gasteiger partial charge in [-0.2, -0.15) is 5.10 Å². The number of hydrazone groups is 1. The molecule has 0 bridgehead atoms. The largest absolute Gasteiger partial charge is 0.507 e. The number of carbonyl (C=O) groups is 1. The van der Waals surface area contributed by atoms with Gasteiger partial charge in [0.05, 0.1) is 18.2 Å². The molecule has 0 unspecified atom stereocenters. The average Bonchev–Trinajstić information content (AvgIpc) is 2.61. The number of rotatable bonds is 7. The van der Waals surface area contributed by atoms with Crippen molar-refractivity contribution in [1.82, 2.24) is 5.43 Å². The number of carbonyl (C=O) groups excluding carboxylic acids is 1. The quantitative estimate of drug-likeness (QED) is 0.448. The Morgan fingerprint density at radius 3 is 2.60 bits per heavy atom. The van der Waals surface area contributed by atoms with Crippen LogP contribution in [0.5, 0.6) is 17.2 Å². The van der Waals surface area contributed by atoms with Gasteiger partial charge in [0, 0.05) is 17.7 Å². The van der Waals surface area contributed by atoms with Crippen LogP contribution >= 0.6 is 0 Å². The highest BCUT2D eigenvalue weighted by Gasteiger charge is 2.09. The van der Waals surface area contributed by atoms with Gasteiger partial charge in [0.2, 0.25) is 0 Å². The fourth-order valence-electron chi connectivity index (χ4n) is 1.79. The van der Waals surface area contributed by atoms with Crippen LogP contribution in [0, 0.1) is 10.1 Å². The van der Waals surface area contributed by atoms with E-state index in [0.29, 0.717) is 11.5 Å². The van der Waals surface area contributed by atoms with Gasteiger partial charge >= 0.3 is 0 Å². The maximum absolute atomic E-state index is 11.6. The lowest BCUT2D eigenvalue weighted by Gasteiger charge is -2.06. The third kappa shape index (κ3) is 5.20. The zero-order chi connectivity index (χ0) is 18.2. The summed E-state index contributed by atoms with van der Waals surface area (Å²) in [5, 5.41) is 23.9. The fourth-order valence-corrected chi connectivity index (χ4v) is 1.79. The van der Waals surface area contributed by atoms with Crippen LogP contribution in [0.25, 0.3) is 0 Å². The van der Waals surface area contributed by atoms with E-state index < -0.39 is 10.8 Å². The summed E-state index contributed by atoms with van der Waals surface area (Å²) in [6.45, 7) is -0.273. The second-order valence-electron chi connectivity index (χ2n) is 4.76. The first kappa shape index (κ1) is 17.7. The van der Waals surface area contributed by atoms with Crippen molar-refractivity contribution in [2.75, 3.05) is 13.7 Å². The van der Waals surface area contributed by atoms with Crippen LogP contribution in [0.2, 0.25) is 0 Å². The van der Waals surface area contributed by atoms with E-state index in [0.717, 1.165) is 18.3 Å². The molecule has 25 heavy (non-hydrogen) atoms. The molecule has 9 heteroatoms. The second-order valence-corrected chi connectivity index (χ2v) is 4.76. The minimum absolute atomic E-state index is 0.102. The Balaban J connectivity index is 1.87. The Hall–Kier alpha value is -3.62. The van der Waals surface area contributed by atoms with E-state index in [2.05, 4.69) is 10.5 Å². The van der Waals surface area contributed by atoms with Crippen molar-refractivity contribution in [1.29, 1.82) is 0 Å². The second kappa shape index (κ2) is 8.29. The Morgan fingerprint density at radius 1 is 1.28 bits per heavy atom. The summed E-state index contributed by atoms with van der Waals surface area (Å²) in [5.74, 6) is 0.421. The molecule has 2 rings (SSSR count). The van der Waals surface area contributed by atoms with Crippen molar-refractivity contribution in [3.05, 3.63) is 58.1 Å². The standard InChI is InChI=1S/C16H15N3O6/c1-24-13-3-5-14(6-4-13)25-10-16(21)18-17-9-11-8-12(19(22)23)2-7-15(11)20/h2-9,20H,10H2,1H3,(H,18,21)/b17-9+. The van der Waals surface area contributed by atoms with E-state index in [9.17, 15) is 20.0 Å². The predicted molar refractivity (Wildman–Crippen MR) is 89.0 cm³/mol. The first-order valence-corrected chi connectivity index (χ1v) is 7.06. The maximum Gasteiger partial charge on any atom is 0.277 e. The molecule has 0 saturated heterocycles. The molecular formula is C16H15N3O6. The monoisotopic (exact) mass is 345 g/mol. The van der Waals surface area contributed by atoms with E-state index in [1.807, 2.05) is 0 Å². The molecule has 0 aromatic heterocycles. The van der Waals surface area contributed by atoms with Crippen molar-refractivity contribution in [2.45, 2.75) is 0 Å². The van der Waals surface area contributed by atoms with Gasteiger partial charge in [0.25, 0.3) is 11.6 Å². The number of hydrogen-bond acceptors (Lipinski definition) is 7. The molecule has 0 spiro atoms. The number of nitrogens with zero attached hydrogens (tertiary/aromatic N) is 2. The summed E-state index contributed by atoms with van der Waals surface area (Å²) in [6, 6.07) is 10.2. The van der Waals surface area contributed by atoms with E-state index in [1.165, 1.54) is 6.07 Å². The van der Waals surface area contributed by atoms with Gasteiger partial charge < -0.3 is 14.6 Å². The topological polar surface area (TPSA) is 123 Å². The molecule has 1 amide bonds. The van der Waals surface area contributed by atoms with Crippen molar-refractivity contribution in [3.8, 4) is 17.2 Å². The summed E-state index contributed by atoms with van der Waals surface area (Å²) in [4.78, 5) is 21.7. The van der Waals surface area contributed by atoms with Gasteiger partial charge in [0.15, 0.2) is 6.61 Å². The summed E-state index contributed by atoms with van der Waals surface area (Å²) in [5.41, 5.74) is 2.10. The first-order valence-electron chi connectivity index (χ1n) is 7.06. The number of hydrogen-bond donors (Lipinski definition) is 2.